The molecule has 0 radical (unpaired) electrons. The molecular formula is C25H35N3O4. The maximum absolute atomic E-state index is 12.8. The summed E-state index contributed by atoms with van der Waals surface area (Å²) in [5.74, 6) is 3.87. The highest BCUT2D eigenvalue weighted by Crippen LogP contribution is 2.55. The fourth-order valence-electron chi connectivity index (χ4n) is 6.83. The van der Waals surface area contributed by atoms with Crippen molar-refractivity contribution in [2.75, 3.05) is 26.3 Å². The van der Waals surface area contributed by atoms with Gasteiger partial charge in [0, 0.05) is 37.2 Å². The number of amides is 3. The van der Waals surface area contributed by atoms with Crippen LogP contribution in [-0.2, 0) is 11.3 Å². The fourth-order valence-corrected chi connectivity index (χ4v) is 6.83. The molecule has 1 heterocycles. The van der Waals surface area contributed by atoms with Crippen LogP contribution in [0.5, 0.6) is 11.5 Å². The molecule has 32 heavy (non-hydrogen) atoms. The molecule has 1 aromatic carbocycles. The highest BCUT2D eigenvalue weighted by Gasteiger charge is 2.51. The molecule has 1 aromatic rings. The van der Waals surface area contributed by atoms with Gasteiger partial charge in [-0.3, -0.25) is 4.79 Å². The van der Waals surface area contributed by atoms with Crippen molar-refractivity contribution >= 4 is 11.9 Å². The molecule has 0 saturated heterocycles. The van der Waals surface area contributed by atoms with Crippen molar-refractivity contribution in [1.29, 1.82) is 0 Å². The zero-order valence-electron chi connectivity index (χ0n) is 19.0. The van der Waals surface area contributed by atoms with E-state index in [0.29, 0.717) is 32.8 Å². The Hall–Kier alpha value is -2.44. The normalized spacial score (nSPS) is 29.5. The fraction of sp³-hybridized carbons (Fsp3) is 0.680. The van der Waals surface area contributed by atoms with E-state index in [1.165, 1.54) is 19.3 Å². The van der Waals surface area contributed by atoms with Crippen molar-refractivity contribution < 1.29 is 19.1 Å². The van der Waals surface area contributed by atoms with E-state index in [9.17, 15) is 9.59 Å². The third-order valence-corrected chi connectivity index (χ3v) is 7.78. The largest absolute Gasteiger partial charge is 0.486 e. The zero-order valence-corrected chi connectivity index (χ0v) is 19.0. The Labute approximate surface area is 190 Å². The third-order valence-electron chi connectivity index (χ3n) is 7.78. The van der Waals surface area contributed by atoms with Crippen molar-refractivity contribution in [2.45, 2.75) is 64.0 Å². The molecule has 1 aliphatic heterocycles. The summed E-state index contributed by atoms with van der Waals surface area (Å²) in [4.78, 5) is 27.2. The van der Waals surface area contributed by atoms with Gasteiger partial charge >= 0.3 is 6.03 Å². The molecule has 5 aliphatic rings. The van der Waals surface area contributed by atoms with Gasteiger partial charge in [-0.1, -0.05) is 12.1 Å². The average Bonchev–Trinajstić information content (AvgIpc) is 2.76. The van der Waals surface area contributed by atoms with Crippen LogP contribution in [-0.4, -0.2) is 48.7 Å². The molecule has 4 bridgehead atoms. The first kappa shape index (κ1) is 21.4. The minimum Gasteiger partial charge on any atom is -0.486 e. The van der Waals surface area contributed by atoms with Crippen molar-refractivity contribution in [3.05, 3.63) is 23.8 Å². The lowest BCUT2D eigenvalue weighted by molar-refractivity contribution is -0.131. The van der Waals surface area contributed by atoms with Crippen LogP contribution in [0.15, 0.2) is 18.2 Å². The summed E-state index contributed by atoms with van der Waals surface area (Å²) in [6, 6.07) is 5.67. The van der Waals surface area contributed by atoms with Gasteiger partial charge in [0.15, 0.2) is 11.5 Å². The van der Waals surface area contributed by atoms with E-state index in [1.807, 2.05) is 25.1 Å². The zero-order chi connectivity index (χ0) is 22.1. The summed E-state index contributed by atoms with van der Waals surface area (Å²) in [6.07, 6.45) is 7.73. The van der Waals surface area contributed by atoms with Gasteiger partial charge in [-0.2, -0.15) is 0 Å². The summed E-state index contributed by atoms with van der Waals surface area (Å²) in [6.45, 7) is 4.46. The van der Waals surface area contributed by atoms with Crippen LogP contribution in [0.25, 0.3) is 0 Å². The molecule has 4 aliphatic carbocycles. The number of nitrogens with zero attached hydrogens (tertiary/aromatic N) is 1. The van der Waals surface area contributed by atoms with E-state index in [1.54, 1.807) is 4.90 Å². The Kier molecular flexibility index (Phi) is 5.91. The van der Waals surface area contributed by atoms with E-state index < -0.39 is 0 Å². The summed E-state index contributed by atoms with van der Waals surface area (Å²) in [5, 5.41) is 6.25. The highest BCUT2D eigenvalue weighted by molar-refractivity contribution is 5.78. The van der Waals surface area contributed by atoms with Crippen LogP contribution in [0, 0.1) is 17.8 Å². The number of hydrogen-bond donors (Lipinski definition) is 2. The molecule has 2 N–H and O–H groups in total. The van der Waals surface area contributed by atoms with Crippen molar-refractivity contribution in [3.63, 3.8) is 0 Å². The van der Waals surface area contributed by atoms with Gasteiger partial charge in [0.2, 0.25) is 5.91 Å². The average molecular weight is 442 g/mol. The Morgan fingerprint density at radius 2 is 1.75 bits per heavy atom. The molecular weight excluding hydrogens is 406 g/mol. The standard InChI is InChI=1S/C25H35N3O4/c1-2-28(16-20-4-3-5-21-23(20)32-9-8-31-21)22(29)6-7-26-24(30)27-25-13-17-10-18(14-25)12-19(11-17)15-25/h3-5,17-19H,2,6-16H2,1H3,(H2,26,27,30). The smallest absolute Gasteiger partial charge is 0.315 e. The van der Waals surface area contributed by atoms with Gasteiger partial charge in [-0.05, 0) is 69.3 Å². The van der Waals surface area contributed by atoms with Gasteiger partial charge in [0.25, 0.3) is 0 Å². The highest BCUT2D eigenvalue weighted by atomic mass is 16.6. The molecule has 7 heteroatoms. The van der Waals surface area contributed by atoms with Gasteiger partial charge in [-0.15, -0.1) is 0 Å². The minimum atomic E-state index is -0.120. The van der Waals surface area contributed by atoms with Crippen molar-refractivity contribution in [2.24, 2.45) is 17.8 Å². The van der Waals surface area contributed by atoms with Crippen LogP contribution in [0.3, 0.4) is 0 Å². The van der Waals surface area contributed by atoms with Crippen LogP contribution in [0.2, 0.25) is 0 Å². The maximum Gasteiger partial charge on any atom is 0.315 e. The van der Waals surface area contributed by atoms with Crippen LogP contribution < -0.4 is 20.1 Å². The second kappa shape index (κ2) is 8.83. The second-order valence-electron chi connectivity index (χ2n) is 10.2. The monoisotopic (exact) mass is 441 g/mol. The third kappa shape index (κ3) is 4.39. The van der Waals surface area contributed by atoms with Crippen molar-refractivity contribution in [1.82, 2.24) is 15.5 Å². The Bertz CT molecular complexity index is 835. The first-order valence-corrected chi connectivity index (χ1v) is 12.2. The predicted molar refractivity (Wildman–Crippen MR) is 121 cm³/mol. The Balaban J connectivity index is 1.11. The van der Waals surface area contributed by atoms with Gasteiger partial charge in [0.05, 0.1) is 0 Å². The molecule has 0 aromatic heterocycles. The SMILES string of the molecule is CCN(Cc1cccc2c1OCCO2)C(=O)CCNC(=O)NC12CC3CC(CC(C3)C1)C2. The molecule has 6 rings (SSSR count). The number of carbonyl (C=O) groups is 2. The molecule has 174 valence electrons. The number of para-hydroxylation sites is 1. The van der Waals surface area contributed by atoms with Crippen LogP contribution in [0.1, 0.15) is 57.4 Å². The lowest BCUT2D eigenvalue weighted by Crippen LogP contribution is -2.61. The molecule has 4 fully saturated rings. The summed E-state index contributed by atoms with van der Waals surface area (Å²) in [5.41, 5.74) is 0.942. The van der Waals surface area contributed by atoms with E-state index in [2.05, 4.69) is 10.6 Å². The quantitative estimate of drug-likeness (QED) is 0.679. The summed E-state index contributed by atoms with van der Waals surface area (Å²) < 4.78 is 11.4. The van der Waals surface area contributed by atoms with Gasteiger partial charge in [-0.25, -0.2) is 4.79 Å². The second-order valence-corrected chi connectivity index (χ2v) is 10.2. The van der Waals surface area contributed by atoms with E-state index in [4.69, 9.17) is 9.47 Å². The molecule has 0 spiro atoms. The number of rotatable bonds is 7. The lowest BCUT2D eigenvalue weighted by Gasteiger charge is -2.56. The van der Waals surface area contributed by atoms with Crippen molar-refractivity contribution in [3.8, 4) is 11.5 Å². The summed E-state index contributed by atoms with van der Waals surface area (Å²) in [7, 11) is 0. The molecule has 7 nitrogen and oxygen atoms in total. The number of carbonyl (C=O) groups excluding carboxylic acids is 2. The number of urea groups is 1. The van der Waals surface area contributed by atoms with Gasteiger partial charge < -0.3 is 25.0 Å². The maximum atomic E-state index is 12.8. The Morgan fingerprint density at radius 1 is 1.06 bits per heavy atom. The summed E-state index contributed by atoms with van der Waals surface area (Å²) >= 11 is 0. The number of hydrogen-bond acceptors (Lipinski definition) is 4. The van der Waals surface area contributed by atoms with Crippen LogP contribution in [0.4, 0.5) is 4.79 Å². The number of fused-ring (bicyclic) bond motifs is 1. The number of ether oxygens (including phenoxy) is 2. The van der Waals surface area contributed by atoms with Crippen LogP contribution >= 0.6 is 0 Å². The van der Waals surface area contributed by atoms with E-state index >= 15 is 0 Å². The molecule has 0 atom stereocenters. The molecule has 0 unspecified atom stereocenters. The number of benzene rings is 1. The Morgan fingerprint density at radius 3 is 2.44 bits per heavy atom. The molecule has 4 saturated carbocycles. The number of nitrogens with one attached hydrogen (secondary N) is 2. The van der Waals surface area contributed by atoms with Gasteiger partial charge in [0.1, 0.15) is 13.2 Å². The molecule has 3 amide bonds. The first-order valence-electron chi connectivity index (χ1n) is 12.2. The lowest BCUT2D eigenvalue weighted by atomic mass is 9.53. The van der Waals surface area contributed by atoms with E-state index in [-0.39, 0.29) is 23.9 Å². The predicted octanol–water partition coefficient (Wildman–Crippen LogP) is 3.46. The minimum absolute atomic E-state index is 0.00717. The topological polar surface area (TPSA) is 79.9 Å². The first-order chi connectivity index (χ1) is 15.5. The van der Waals surface area contributed by atoms with E-state index in [0.717, 1.165) is 54.1 Å².